The fraction of sp³-hybridized carbons (Fsp3) is 0.444. The van der Waals surface area contributed by atoms with E-state index in [1.54, 1.807) is 22.8 Å². The van der Waals surface area contributed by atoms with E-state index in [1.165, 1.54) is 6.42 Å². The van der Waals surface area contributed by atoms with Crippen LogP contribution in [0.1, 0.15) is 19.3 Å². The van der Waals surface area contributed by atoms with Gasteiger partial charge in [-0.2, -0.15) is 13.4 Å². The van der Waals surface area contributed by atoms with Crippen molar-refractivity contribution in [1.82, 2.24) is 24.4 Å². The molecule has 0 saturated carbocycles. The highest BCUT2D eigenvalue weighted by Crippen LogP contribution is 2.24. The van der Waals surface area contributed by atoms with Crippen LogP contribution in [-0.2, 0) is 16.9 Å². The molecule has 0 bridgehead atoms. The smallest absolute Gasteiger partial charge is 0.390 e. The zero-order valence-electron chi connectivity index (χ0n) is 16.8. The number of hydrogen-bond donors (Lipinski definition) is 4. The molecule has 1 atom stereocenters. The molecule has 1 aromatic carbocycles. The van der Waals surface area contributed by atoms with Crippen molar-refractivity contribution in [3.05, 3.63) is 44.1 Å². The summed E-state index contributed by atoms with van der Waals surface area (Å²) < 4.78 is 33.2. The Morgan fingerprint density at radius 2 is 1.75 bits per heavy atom. The standard InChI is InChI=1S/C18H20ClN5O3.H2O4S/c19-11-4-5-13-14(8-11)24(10-12(25)9-23-6-2-1-3-7-23)16-15(20-13)17(26)22-18(27)21-16;1-5(2,3)4/h4-5,8,12,25H,1-3,6-7,9-10H2,(H,22,26,27);(H2,1,2,3,4). The number of nitrogens with zero attached hydrogens (tertiary/aromatic N) is 4. The molecule has 3 aliphatic rings. The molecule has 0 radical (unpaired) electrons. The van der Waals surface area contributed by atoms with E-state index in [0.29, 0.717) is 22.6 Å². The lowest BCUT2D eigenvalue weighted by Crippen LogP contribution is -2.38. The zero-order valence-corrected chi connectivity index (χ0v) is 18.4. The topological polar surface area (TPSA) is 179 Å². The first-order valence-electron chi connectivity index (χ1n) is 9.71. The van der Waals surface area contributed by atoms with Crippen molar-refractivity contribution in [1.29, 1.82) is 0 Å². The van der Waals surface area contributed by atoms with Gasteiger partial charge in [0, 0.05) is 11.6 Å². The number of benzene rings is 1. The summed E-state index contributed by atoms with van der Waals surface area (Å²) in [5, 5.41) is 11.2. The molecule has 0 aliphatic carbocycles. The predicted octanol–water partition coefficient (Wildman–Crippen LogP) is 0.432. The third-order valence-electron chi connectivity index (χ3n) is 4.88. The van der Waals surface area contributed by atoms with Crippen molar-refractivity contribution in [2.75, 3.05) is 19.6 Å². The molecule has 3 heterocycles. The number of β-amino-alcohol motifs (C(OH)–C–C–N with tert-alkyl or cyclic N) is 1. The number of nitrogens with one attached hydrogen (secondary N) is 1. The van der Waals surface area contributed by atoms with Gasteiger partial charge in [-0.15, -0.1) is 0 Å². The van der Waals surface area contributed by atoms with Crippen LogP contribution in [0, 0.1) is 0 Å². The van der Waals surface area contributed by atoms with Crippen LogP contribution >= 0.6 is 11.6 Å². The summed E-state index contributed by atoms with van der Waals surface area (Å²) in [5.41, 5.74) is -0.112. The van der Waals surface area contributed by atoms with E-state index in [-0.39, 0.29) is 18.1 Å². The Kier molecular flexibility index (Phi) is 7.59. The molecule has 1 aromatic rings. The molecule has 1 saturated heterocycles. The SMILES string of the molecule is O=S(=O)(O)O.O=c1nc2n(CC(O)CN3CCCCC3)c3cc(Cl)ccc3nc-2c(=O)[nH]1. The maximum absolute atomic E-state index is 12.2. The summed E-state index contributed by atoms with van der Waals surface area (Å²) in [6.45, 7) is 2.64. The lowest BCUT2D eigenvalue weighted by atomic mass is 10.1. The van der Waals surface area contributed by atoms with Gasteiger partial charge in [0.05, 0.1) is 23.7 Å². The number of hydrogen-bond acceptors (Lipinski definition) is 8. The van der Waals surface area contributed by atoms with Crippen LogP contribution in [0.5, 0.6) is 0 Å². The largest absolute Gasteiger partial charge is 0.394 e. The summed E-state index contributed by atoms with van der Waals surface area (Å²) in [4.78, 5) is 36.6. The van der Waals surface area contributed by atoms with Gasteiger partial charge in [0.15, 0.2) is 11.5 Å². The normalized spacial score (nSPS) is 16.0. The molecule has 3 aliphatic heterocycles. The number of aliphatic hydroxyl groups is 1. The Bertz CT molecular complexity index is 1280. The van der Waals surface area contributed by atoms with E-state index in [0.717, 1.165) is 25.9 Å². The highest BCUT2D eigenvalue weighted by atomic mass is 35.5. The van der Waals surface area contributed by atoms with Gasteiger partial charge in [-0.3, -0.25) is 18.9 Å². The van der Waals surface area contributed by atoms with Crippen molar-refractivity contribution < 1.29 is 22.6 Å². The number of H-pyrrole nitrogens is 1. The molecule has 4 N–H and O–H groups in total. The summed E-state index contributed by atoms with van der Waals surface area (Å²) in [5.74, 6) is 0.149. The minimum Gasteiger partial charge on any atom is -0.390 e. The maximum Gasteiger partial charge on any atom is 0.394 e. The van der Waals surface area contributed by atoms with Gasteiger partial charge in [0.25, 0.3) is 5.56 Å². The van der Waals surface area contributed by atoms with Crippen molar-refractivity contribution in [3.63, 3.8) is 0 Å². The lowest BCUT2D eigenvalue weighted by Gasteiger charge is -2.29. The number of likely N-dealkylation sites (tertiary alicyclic amines) is 1. The molecule has 0 spiro atoms. The fourth-order valence-corrected chi connectivity index (χ4v) is 3.83. The van der Waals surface area contributed by atoms with Crippen molar-refractivity contribution in [2.24, 2.45) is 0 Å². The molecule has 4 rings (SSSR count). The number of aromatic nitrogens is 4. The van der Waals surface area contributed by atoms with Crippen LogP contribution in [0.15, 0.2) is 27.8 Å². The van der Waals surface area contributed by atoms with E-state index in [2.05, 4.69) is 19.9 Å². The predicted molar refractivity (Wildman–Crippen MR) is 117 cm³/mol. The van der Waals surface area contributed by atoms with Crippen LogP contribution in [0.25, 0.3) is 22.6 Å². The van der Waals surface area contributed by atoms with Gasteiger partial charge in [0.1, 0.15) is 0 Å². The van der Waals surface area contributed by atoms with Crippen LogP contribution in [0.3, 0.4) is 0 Å². The van der Waals surface area contributed by atoms with Crippen LogP contribution in [0.4, 0.5) is 0 Å². The van der Waals surface area contributed by atoms with Crippen LogP contribution in [-0.4, -0.2) is 72.8 Å². The minimum atomic E-state index is -4.67. The van der Waals surface area contributed by atoms with Crippen molar-refractivity contribution in [2.45, 2.75) is 31.9 Å². The molecule has 0 aromatic heterocycles. The Morgan fingerprint density at radius 1 is 1.09 bits per heavy atom. The Balaban J connectivity index is 0.000000523. The molecule has 174 valence electrons. The molecule has 1 fully saturated rings. The fourth-order valence-electron chi connectivity index (χ4n) is 3.66. The number of aliphatic hydroxyl groups excluding tert-OH is 1. The second kappa shape index (κ2) is 10.0. The van der Waals surface area contributed by atoms with Gasteiger partial charge in [-0.1, -0.05) is 18.0 Å². The average molecular weight is 488 g/mol. The average Bonchev–Trinajstić information content (AvgIpc) is 2.68. The van der Waals surface area contributed by atoms with Gasteiger partial charge in [-0.05, 0) is 44.1 Å². The first-order valence-corrected chi connectivity index (χ1v) is 11.5. The summed E-state index contributed by atoms with van der Waals surface area (Å²) in [6, 6.07) is 5.08. The van der Waals surface area contributed by atoms with Crippen molar-refractivity contribution in [3.8, 4) is 11.5 Å². The van der Waals surface area contributed by atoms with E-state index >= 15 is 0 Å². The van der Waals surface area contributed by atoms with E-state index < -0.39 is 27.8 Å². The molecular formula is C18H22ClN5O7S. The second-order valence-electron chi connectivity index (χ2n) is 7.36. The van der Waals surface area contributed by atoms with E-state index in [9.17, 15) is 14.7 Å². The summed E-state index contributed by atoms with van der Waals surface area (Å²) >= 11 is 6.13. The van der Waals surface area contributed by atoms with Crippen LogP contribution < -0.4 is 11.2 Å². The van der Waals surface area contributed by atoms with Gasteiger partial charge >= 0.3 is 16.1 Å². The van der Waals surface area contributed by atoms with E-state index in [4.69, 9.17) is 29.1 Å². The Labute approximate surface area is 187 Å². The minimum absolute atomic E-state index is 0.0644. The Hall–Kier alpha value is -2.42. The first-order chi connectivity index (χ1) is 15.0. The lowest BCUT2D eigenvalue weighted by molar-refractivity contribution is 0.0892. The maximum atomic E-state index is 12.2. The van der Waals surface area contributed by atoms with Gasteiger partial charge in [0.2, 0.25) is 0 Å². The summed E-state index contributed by atoms with van der Waals surface area (Å²) in [7, 11) is -4.67. The number of aromatic amines is 1. The molecule has 1 unspecified atom stereocenters. The number of halogens is 1. The van der Waals surface area contributed by atoms with Crippen LogP contribution in [0.2, 0.25) is 5.02 Å². The van der Waals surface area contributed by atoms with Gasteiger partial charge in [-0.25, -0.2) is 9.78 Å². The quantitative estimate of drug-likeness (QED) is 0.298. The van der Waals surface area contributed by atoms with Crippen molar-refractivity contribution >= 4 is 33.0 Å². The third kappa shape index (κ3) is 6.54. The van der Waals surface area contributed by atoms with E-state index in [1.807, 2.05) is 0 Å². The Morgan fingerprint density at radius 3 is 2.41 bits per heavy atom. The monoisotopic (exact) mass is 487 g/mol. The molecule has 12 nitrogen and oxygen atoms in total. The third-order valence-corrected chi connectivity index (χ3v) is 5.12. The zero-order chi connectivity index (χ0) is 23.5. The highest BCUT2D eigenvalue weighted by Gasteiger charge is 2.22. The van der Waals surface area contributed by atoms with Gasteiger partial charge < -0.3 is 14.6 Å². The molecule has 0 amide bonds. The first kappa shape index (κ1) is 24.2. The highest BCUT2D eigenvalue weighted by molar-refractivity contribution is 7.79. The second-order valence-corrected chi connectivity index (χ2v) is 8.69. The number of rotatable bonds is 4. The molecular weight excluding hydrogens is 466 g/mol. The summed E-state index contributed by atoms with van der Waals surface area (Å²) in [6.07, 6.45) is 2.80. The number of piperidine rings is 1. The molecule has 32 heavy (non-hydrogen) atoms. The molecule has 14 heteroatoms. The number of fused-ring (bicyclic) bond motifs is 2.